The quantitative estimate of drug-likeness (QED) is 0.432. The van der Waals surface area contributed by atoms with Gasteiger partial charge in [-0.2, -0.15) is 4.99 Å². The molecule has 0 aliphatic carbocycles. The van der Waals surface area contributed by atoms with Crippen molar-refractivity contribution < 1.29 is 28.5 Å². The first kappa shape index (κ1) is 20.7. The number of methoxy groups -OCH3 is 1. The highest BCUT2D eigenvalue weighted by Crippen LogP contribution is 2.32. The first-order valence-corrected chi connectivity index (χ1v) is 10.4. The van der Waals surface area contributed by atoms with Crippen LogP contribution in [0.25, 0.3) is 16.3 Å². The minimum absolute atomic E-state index is 0.0435. The van der Waals surface area contributed by atoms with Crippen LogP contribution in [0.3, 0.4) is 0 Å². The second kappa shape index (κ2) is 9.05. The summed E-state index contributed by atoms with van der Waals surface area (Å²) in [5.41, 5.74) is 1.55. The molecule has 0 unspecified atom stereocenters. The van der Waals surface area contributed by atoms with E-state index in [1.165, 1.54) is 17.4 Å². The van der Waals surface area contributed by atoms with Crippen LogP contribution in [0.2, 0.25) is 0 Å². The topological polar surface area (TPSA) is 88.4 Å². The smallest absolute Gasteiger partial charge is 0.326 e. The second-order valence-electron chi connectivity index (χ2n) is 6.51. The van der Waals surface area contributed by atoms with Crippen molar-refractivity contribution in [2.45, 2.75) is 13.5 Å². The van der Waals surface area contributed by atoms with Gasteiger partial charge in [0.2, 0.25) is 6.79 Å². The van der Waals surface area contributed by atoms with E-state index in [2.05, 4.69) is 4.99 Å². The summed E-state index contributed by atoms with van der Waals surface area (Å²) >= 11 is 1.30. The van der Waals surface area contributed by atoms with Crippen LogP contribution in [0.15, 0.2) is 47.5 Å². The van der Waals surface area contributed by atoms with Crippen molar-refractivity contribution >= 4 is 39.5 Å². The van der Waals surface area contributed by atoms with Gasteiger partial charge in [0.1, 0.15) is 12.3 Å². The zero-order valence-corrected chi connectivity index (χ0v) is 17.8. The van der Waals surface area contributed by atoms with Crippen molar-refractivity contribution in [3.05, 3.63) is 52.8 Å². The van der Waals surface area contributed by atoms with Gasteiger partial charge in [0.05, 0.1) is 23.9 Å². The van der Waals surface area contributed by atoms with E-state index in [1.807, 2.05) is 18.2 Å². The molecule has 31 heavy (non-hydrogen) atoms. The van der Waals surface area contributed by atoms with Gasteiger partial charge in [0.15, 0.2) is 16.3 Å². The number of nitrogens with zero attached hydrogens (tertiary/aromatic N) is 2. The average Bonchev–Trinajstić information content (AvgIpc) is 3.36. The number of aromatic nitrogens is 1. The summed E-state index contributed by atoms with van der Waals surface area (Å²) in [5.74, 6) is 1.14. The molecule has 8 nitrogen and oxygen atoms in total. The van der Waals surface area contributed by atoms with Crippen molar-refractivity contribution in [1.29, 1.82) is 0 Å². The lowest BCUT2D eigenvalue weighted by molar-refractivity contribution is -0.143. The Balaban J connectivity index is 1.66. The maximum Gasteiger partial charge on any atom is 0.326 e. The summed E-state index contributed by atoms with van der Waals surface area (Å²) in [6, 6.07) is 10.9. The van der Waals surface area contributed by atoms with E-state index in [4.69, 9.17) is 18.9 Å². The van der Waals surface area contributed by atoms with Gasteiger partial charge >= 0.3 is 5.97 Å². The molecule has 2 aromatic carbocycles. The Labute approximate surface area is 182 Å². The van der Waals surface area contributed by atoms with Crippen LogP contribution in [-0.4, -0.2) is 37.0 Å². The number of hydrogen-bond donors (Lipinski definition) is 0. The maximum absolute atomic E-state index is 12.5. The molecule has 1 aliphatic rings. The van der Waals surface area contributed by atoms with Crippen LogP contribution in [0.1, 0.15) is 12.5 Å². The number of thiazole rings is 1. The molecular formula is C22H20N2O6S. The highest BCUT2D eigenvalue weighted by Gasteiger charge is 2.14. The third kappa shape index (κ3) is 4.61. The largest absolute Gasteiger partial charge is 0.497 e. The molecule has 0 fully saturated rings. The lowest BCUT2D eigenvalue weighted by atomic mass is 10.2. The number of hydrogen-bond acceptors (Lipinski definition) is 7. The molecule has 2 heterocycles. The van der Waals surface area contributed by atoms with Gasteiger partial charge < -0.3 is 23.5 Å². The van der Waals surface area contributed by atoms with Gasteiger partial charge in [0.25, 0.3) is 5.91 Å². The standard InChI is InChI=1S/C22H20N2O6S/c1-3-28-21(26)12-24-16-7-6-15(27-2)11-19(16)31-22(24)23-20(25)9-5-14-4-8-17-18(10-14)30-13-29-17/h4-11H,3,12-13H2,1-2H3. The Bertz CT molecular complexity index is 1240. The van der Waals surface area contributed by atoms with Crippen molar-refractivity contribution in [3.63, 3.8) is 0 Å². The molecule has 1 aromatic heterocycles. The molecule has 0 radical (unpaired) electrons. The predicted octanol–water partition coefficient (Wildman–Crippen LogP) is 3.14. The molecule has 0 spiro atoms. The fourth-order valence-corrected chi connectivity index (χ4v) is 4.13. The van der Waals surface area contributed by atoms with Crippen molar-refractivity contribution in [3.8, 4) is 17.2 Å². The van der Waals surface area contributed by atoms with Gasteiger partial charge in [-0.05, 0) is 48.9 Å². The molecule has 1 aliphatic heterocycles. The van der Waals surface area contributed by atoms with Gasteiger partial charge in [-0.1, -0.05) is 17.4 Å². The Morgan fingerprint density at radius 2 is 2.03 bits per heavy atom. The van der Waals surface area contributed by atoms with E-state index >= 15 is 0 Å². The molecule has 0 bridgehead atoms. The molecule has 3 aromatic rings. The minimum atomic E-state index is -0.450. The highest BCUT2D eigenvalue weighted by atomic mass is 32.1. The number of carbonyl (C=O) groups excluding carboxylic acids is 2. The van der Waals surface area contributed by atoms with Gasteiger partial charge in [-0.15, -0.1) is 0 Å². The summed E-state index contributed by atoms with van der Waals surface area (Å²) in [5, 5.41) is 0. The fourth-order valence-electron chi connectivity index (χ4n) is 3.07. The van der Waals surface area contributed by atoms with Crippen molar-refractivity contribution in [2.24, 2.45) is 4.99 Å². The van der Waals surface area contributed by atoms with Crippen LogP contribution >= 0.6 is 11.3 Å². The summed E-state index contributed by atoms with van der Waals surface area (Å²) in [4.78, 5) is 29.2. The molecule has 0 N–H and O–H groups in total. The maximum atomic E-state index is 12.5. The Morgan fingerprint density at radius 3 is 2.84 bits per heavy atom. The summed E-state index contributed by atoms with van der Waals surface area (Å²) in [6.45, 7) is 2.17. The Morgan fingerprint density at radius 1 is 1.19 bits per heavy atom. The van der Waals surface area contributed by atoms with Crippen LogP contribution in [0.4, 0.5) is 0 Å². The highest BCUT2D eigenvalue weighted by molar-refractivity contribution is 7.16. The van der Waals surface area contributed by atoms with E-state index in [1.54, 1.807) is 42.9 Å². The number of fused-ring (bicyclic) bond motifs is 2. The Kier molecular flexibility index (Phi) is 6.03. The first-order chi connectivity index (χ1) is 15.1. The molecule has 0 atom stereocenters. The molecule has 1 amide bonds. The lowest BCUT2D eigenvalue weighted by Gasteiger charge is -2.05. The van der Waals surface area contributed by atoms with Crippen LogP contribution in [0, 0.1) is 0 Å². The molecule has 9 heteroatoms. The number of benzene rings is 2. The first-order valence-electron chi connectivity index (χ1n) is 9.57. The molecule has 0 saturated heterocycles. The molecular weight excluding hydrogens is 420 g/mol. The minimum Gasteiger partial charge on any atom is -0.497 e. The third-order valence-electron chi connectivity index (χ3n) is 4.50. The zero-order chi connectivity index (χ0) is 21.8. The monoisotopic (exact) mass is 440 g/mol. The summed E-state index contributed by atoms with van der Waals surface area (Å²) < 4.78 is 23.5. The third-order valence-corrected chi connectivity index (χ3v) is 5.54. The van der Waals surface area contributed by atoms with E-state index in [-0.39, 0.29) is 19.9 Å². The predicted molar refractivity (Wildman–Crippen MR) is 115 cm³/mol. The second-order valence-corrected chi connectivity index (χ2v) is 7.51. The lowest BCUT2D eigenvalue weighted by Crippen LogP contribution is -2.22. The number of ether oxygens (including phenoxy) is 4. The van der Waals surface area contributed by atoms with E-state index < -0.39 is 11.9 Å². The molecule has 4 rings (SSSR count). The van der Waals surface area contributed by atoms with Crippen LogP contribution < -0.4 is 19.0 Å². The van der Waals surface area contributed by atoms with E-state index in [0.29, 0.717) is 22.0 Å². The van der Waals surface area contributed by atoms with Gasteiger partial charge in [-0.25, -0.2) is 0 Å². The average molecular weight is 440 g/mol. The molecule has 0 saturated carbocycles. The summed E-state index contributed by atoms with van der Waals surface area (Å²) in [6.07, 6.45) is 3.02. The van der Waals surface area contributed by atoms with Crippen LogP contribution in [-0.2, 0) is 20.9 Å². The van der Waals surface area contributed by atoms with E-state index in [9.17, 15) is 9.59 Å². The SMILES string of the molecule is CCOC(=O)Cn1c(=NC(=O)C=Cc2ccc3c(c2)OCO3)sc2cc(OC)ccc21. The number of carbonyl (C=O) groups is 2. The van der Waals surface area contributed by atoms with Crippen LogP contribution in [0.5, 0.6) is 17.2 Å². The number of esters is 1. The number of amides is 1. The molecule has 160 valence electrons. The van der Waals surface area contributed by atoms with Gasteiger partial charge in [-0.3, -0.25) is 9.59 Å². The number of rotatable bonds is 6. The van der Waals surface area contributed by atoms with Crippen molar-refractivity contribution in [2.75, 3.05) is 20.5 Å². The van der Waals surface area contributed by atoms with E-state index in [0.717, 1.165) is 15.8 Å². The summed E-state index contributed by atoms with van der Waals surface area (Å²) in [7, 11) is 1.58. The zero-order valence-electron chi connectivity index (χ0n) is 17.0. The normalized spacial score (nSPS) is 13.2. The van der Waals surface area contributed by atoms with Gasteiger partial charge in [0, 0.05) is 6.08 Å². The fraction of sp³-hybridized carbons (Fsp3) is 0.227. The Hall–Kier alpha value is -3.59. The van der Waals surface area contributed by atoms with Crippen molar-refractivity contribution in [1.82, 2.24) is 4.57 Å².